The van der Waals surface area contributed by atoms with Crippen LogP contribution in [-0.4, -0.2) is 28.3 Å². The van der Waals surface area contributed by atoms with Gasteiger partial charge in [-0.1, -0.05) is 48.9 Å². The topological polar surface area (TPSA) is 52.9 Å². The van der Waals surface area contributed by atoms with Gasteiger partial charge in [0.2, 0.25) is 5.91 Å². The second kappa shape index (κ2) is 7.61. The molecule has 5 heteroatoms. The van der Waals surface area contributed by atoms with E-state index in [9.17, 15) is 14.3 Å². The van der Waals surface area contributed by atoms with Crippen molar-refractivity contribution >= 4 is 11.6 Å². The summed E-state index contributed by atoms with van der Waals surface area (Å²) in [5.74, 6) is -0.810. The third-order valence-corrected chi connectivity index (χ3v) is 5.43. The number of hydrogen-bond donors (Lipinski definition) is 1. The van der Waals surface area contributed by atoms with Gasteiger partial charge in [-0.2, -0.15) is 5.10 Å². The molecule has 4 nitrogen and oxygen atoms in total. The molecule has 0 aromatic heterocycles. The smallest absolute Gasteiger partial charge is 0.240 e. The van der Waals surface area contributed by atoms with Gasteiger partial charge < -0.3 is 5.11 Å². The molecule has 1 aliphatic rings. The first-order valence-electron chi connectivity index (χ1n) is 9.25. The minimum atomic E-state index is -0.831. The Hall–Kier alpha value is -2.53. The lowest BCUT2D eigenvalue weighted by Gasteiger charge is -2.42. The minimum Gasteiger partial charge on any atom is -0.396 e. The number of aliphatic hydroxyl groups excluding tert-OH is 1. The second-order valence-corrected chi connectivity index (χ2v) is 7.12. The number of carbonyl (C=O) groups excluding carboxylic acids is 1. The third-order valence-electron chi connectivity index (χ3n) is 5.43. The van der Waals surface area contributed by atoms with Gasteiger partial charge in [0.1, 0.15) is 11.4 Å². The molecule has 142 valence electrons. The largest absolute Gasteiger partial charge is 0.396 e. The lowest BCUT2D eigenvalue weighted by atomic mass is 9.73. The van der Waals surface area contributed by atoms with Crippen LogP contribution in [0.1, 0.15) is 43.4 Å². The van der Waals surface area contributed by atoms with E-state index < -0.39 is 5.54 Å². The molecule has 0 fully saturated rings. The molecule has 0 saturated carbocycles. The van der Waals surface area contributed by atoms with Crippen molar-refractivity contribution in [3.8, 4) is 0 Å². The minimum absolute atomic E-state index is 0.0890. The number of hydrazone groups is 1. The first-order valence-corrected chi connectivity index (χ1v) is 9.25. The fourth-order valence-electron chi connectivity index (χ4n) is 4.06. The zero-order valence-corrected chi connectivity index (χ0v) is 15.9. The number of halogens is 1. The highest BCUT2D eigenvalue weighted by atomic mass is 19.1. The normalized spacial score (nSPS) is 20.5. The molecule has 1 aliphatic heterocycles. The fourth-order valence-corrected chi connectivity index (χ4v) is 4.06. The Balaban J connectivity index is 2.19. The summed E-state index contributed by atoms with van der Waals surface area (Å²) in [6, 6.07) is 14.5. The molecule has 0 radical (unpaired) electrons. The molecule has 3 rings (SSSR count). The van der Waals surface area contributed by atoms with Crippen LogP contribution in [-0.2, 0) is 10.3 Å². The number of nitrogens with zero attached hydrogens (tertiary/aromatic N) is 2. The third kappa shape index (κ3) is 3.28. The summed E-state index contributed by atoms with van der Waals surface area (Å²) in [4.78, 5) is 12.5. The Morgan fingerprint density at radius 2 is 2.00 bits per heavy atom. The lowest BCUT2D eigenvalue weighted by molar-refractivity contribution is -0.138. The summed E-state index contributed by atoms with van der Waals surface area (Å²) in [6.07, 6.45) is 1.02. The van der Waals surface area contributed by atoms with Gasteiger partial charge in [0.05, 0.1) is 5.71 Å². The summed E-state index contributed by atoms with van der Waals surface area (Å²) in [7, 11) is 0. The van der Waals surface area contributed by atoms with E-state index in [4.69, 9.17) is 0 Å². The predicted molar refractivity (Wildman–Crippen MR) is 104 cm³/mol. The number of carbonyl (C=O) groups is 1. The number of aryl methyl sites for hydroxylation is 1. The van der Waals surface area contributed by atoms with Crippen molar-refractivity contribution in [1.82, 2.24) is 5.01 Å². The average Bonchev–Trinajstić information content (AvgIpc) is 3.07. The standard InChI is InChI=1S/C22H25FN2O2/c1-4-17(14-26)22(18-8-6-5-7-9-18)13-21(24-25(22)16(3)27)19-12-15(2)10-11-20(19)23/h5-12,17,26H,4,13-14H2,1-3H3/t17?,22-/m1/s1. The predicted octanol–water partition coefficient (Wildman–Crippen LogP) is 4.00. The highest BCUT2D eigenvalue weighted by Gasteiger charge is 2.51. The maximum absolute atomic E-state index is 14.5. The van der Waals surface area contributed by atoms with Crippen molar-refractivity contribution in [3.63, 3.8) is 0 Å². The summed E-state index contributed by atoms with van der Waals surface area (Å²) < 4.78 is 14.5. The molecule has 0 aliphatic carbocycles. The quantitative estimate of drug-likeness (QED) is 0.867. The lowest BCUT2D eigenvalue weighted by Crippen LogP contribution is -2.49. The van der Waals surface area contributed by atoms with E-state index in [-0.39, 0.29) is 24.2 Å². The first-order chi connectivity index (χ1) is 12.9. The Morgan fingerprint density at radius 3 is 2.59 bits per heavy atom. The van der Waals surface area contributed by atoms with Gasteiger partial charge in [0.15, 0.2) is 0 Å². The van der Waals surface area contributed by atoms with Crippen LogP contribution >= 0.6 is 0 Å². The van der Waals surface area contributed by atoms with Crippen LogP contribution in [0.3, 0.4) is 0 Å². The van der Waals surface area contributed by atoms with Gasteiger partial charge in [0.25, 0.3) is 0 Å². The molecular weight excluding hydrogens is 343 g/mol. The fraction of sp³-hybridized carbons (Fsp3) is 0.364. The Kier molecular flexibility index (Phi) is 5.42. The van der Waals surface area contributed by atoms with Gasteiger partial charge in [-0.25, -0.2) is 9.40 Å². The van der Waals surface area contributed by atoms with Crippen molar-refractivity contribution < 1.29 is 14.3 Å². The molecule has 0 bridgehead atoms. The van der Waals surface area contributed by atoms with E-state index in [2.05, 4.69) is 5.10 Å². The monoisotopic (exact) mass is 368 g/mol. The van der Waals surface area contributed by atoms with E-state index in [1.165, 1.54) is 18.0 Å². The SMILES string of the molecule is CCC(CO)[C@@]1(c2ccccc2)CC(c2cc(C)ccc2F)=NN1C(C)=O. The van der Waals surface area contributed by atoms with E-state index in [1.807, 2.05) is 44.2 Å². The molecule has 2 aromatic rings. The van der Waals surface area contributed by atoms with Crippen LogP contribution in [0.2, 0.25) is 0 Å². The molecule has 1 unspecified atom stereocenters. The van der Waals surface area contributed by atoms with Crippen LogP contribution in [0, 0.1) is 18.7 Å². The van der Waals surface area contributed by atoms with E-state index in [0.717, 1.165) is 11.1 Å². The van der Waals surface area contributed by atoms with Gasteiger partial charge in [-0.05, 0) is 31.0 Å². The van der Waals surface area contributed by atoms with Crippen molar-refractivity contribution in [2.75, 3.05) is 6.61 Å². The van der Waals surface area contributed by atoms with E-state index in [0.29, 0.717) is 24.1 Å². The molecule has 1 heterocycles. The molecular formula is C22H25FN2O2. The van der Waals surface area contributed by atoms with Crippen molar-refractivity contribution in [3.05, 3.63) is 71.0 Å². The summed E-state index contributed by atoms with van der Waals surface area (Å²) >= 11 is 0. The van der Waals surface area contributed by atoms with Crippen molar-refractivity contribution in [1.29, 1.82) is 0 Å². The van der Waals surface area contributed by atoms with Gasteiger partial charge in [-0.15, -0.1) is 0 Å². The number of amides is 1. The Bertz CT molecular complexity index is 862. The summed E-state index contributed by atoms with van der Waals surface area (Å²) in [5.41, 5.74) is 1.93. The maximum Gasteiger partial charge on any atom is 0.240 e. The number of benzene rings is 2. The number of rotatable bonds is 5. The van der Waals surface area contributed by atoms with Crippen LogP contribution in [0.4, 0.5) is 4.39 Å². The van der Waals surface area contributed by atoms with Crippen molar-refractivity contribution in [2.24, 2.45) is 11.0 Å². The van der Waals surface area contributed by atoms with Gasteiger partial charge in [-0.3, -0.25) is 4.79 Å². The van der Waals surface area contributed by atoms with E-state index >= 15 is 0 Å². The molecule has 2 atom stereocenters. The molecule has 1 N–H and O–H groups in total. The summed E-state index contributed by atoms with van der Waals surface area (Å²) in [6.45, 7) is 5.25. The Labute approximate surface area is 159 Å². The van der Waals surface area contributed by atoms with Crippen LogP contribution in [0.15, 0.2) is 53.6 Å². The molecule has 27 heavy (non-hydrogen) atoms. The van der Waals surface area contributed by atoms with Crippen LogP contribution in [0.25, 0.3) is 0 Å². The number of hydrogen-bond acceptors (Lipinski definition) is 3. The van der Waals surface area contributed by atoms with Gasteiger partial charge in [0, 0.05) is 31.4 Å². The zero-order valence-electron chi connectivity index (χ0n) is 15.9. The van der Waals surface area contributed by atoms with Crippen LogP contribution < -0.4 is 0 Å². The molecule has 0 spiro atoms. The molecule has 2 aromatic carbocycles. The number of aliphatic hydroxyl groups is 1. The molecule has 1 amide bonds. The highest BCUT2D eigenvalue weighted by molar-refractivity contribution is 6.04. The van der Waals surface area contributed by atoms with Crippen molar-refractivity contribution in [2.45, 2.75) is 39.2 Å². The first kappa shape index (κ1) is 19.2. The average molecular weight is 368 g/mol. The summed E-state index contributed by atoms with van der Waals surface area (Å²) in [5, 5.41) is 16.1. The van der Waals surface area contributed by atoms with E-state index in [1.54, 1.807) is 12.1 Å². The van der Waals surface area contributed by atoms with Gasteiger partial charge >= 0.3 is 0 Å². The zero-order chi connectivity index (χ0) is 19.6. The van der Waals surface area contributed by atoms with Crippen LogP contribution in [0.5, 0.6) is 0 Å². The molecule has 0 saturated heterocycles. The maximum atomic E-state index is 14.5. The second-order valence-electron chi connectivity index (χ2n) is 7.12. The highest BCUT2D eigenvalue weighted by Crippen LogP contribution is 2.46. The Morgan fingerprint density at radius 1 is 1.30 bits per heavy atom.